The molecule has 0 aliphatic carbocycles. The number of halogens is 1. The molecule has 0 bridgehead atoms. The van der Waals surface area contributed by atoms with Gasteiger partial charge in [-0.15, -0.1) is 0 Å². The first-order valence-corrected chi connectivity index (χ1v) is 5.74. The third kappa shape index (κ3) is 3.98. The monoisotopic (exact) mass is 216 g/mol. The molecule has 1 rings (SSSR count). The highest BCUT2D eigenvalue weighted by Crippen LogP contribution is 2.19. The van der Waals surface area contributed by atoms with E-state index in [0.29, 0.717) is 0 Å². The normalized spacial score (nSPS) is 10.3. The summed E-state index contributed by atoms with van der Waals surface area (Å²) in [5.74, 6) is 2.04. The van der Waals surface area contributed by atoms with Crippen LogP contribution in [0, 0.1) is 0 Å². The van der Waals surface area contributed by atoms with Crippen molar-refractivity contribution < 1.29 is 0 Å². The molecular weight excluding hydrogens is 204 g/mol. The first kappa shape index (κ1) is 10.8. The van der Waals surface area contributed by atoms with Gasteiger partial charge in [0.2, 0.25) is 0 Å². The third-order valence-corrected chi connectivity index (χ3v) is 3.04. The quantitative estimate of drug-likeness (QED) is 0.768. The van der Waals surface area contributed by atoms with E-state index in [2.05, 4.69) is 4.98 Å². The van der Waals surface area contributed by atoms with Gasteiger partial charge in [-0.25, -0.2) is 0 Å². The van der Waals surface area contributed by atoms with Crippen molar-refractivity contribution in [2.24, 2.45) is 5.73 Å². The van der Waals surface area contributed by atoms with Crippen LogP contribution in [0.25, 0.3) is 0 Å². The molecule has 0 aliphatic heterocycles. The van der Waals surface area contributed by atoms with Gasteiger partial charge in [0.05, 0.1) is 5.02 Å². The maximum atomic E-state index is 5.94. The van der Waals surface area contributed by atoms with E-state index in [9.17, 15) is 0 Å². The summed E-state index contributed by atoms with van der Waals surface area (Å²) in [5, 5.41) is 0.753. The topological polar surface area (TPSA) is 38.9 Å². The zero-order valence-electron chi connectivity index (χ0n) is 7.37. The average molecular weight is 217 g/mol. The molecule has 0 aliphatic rings. The van der Waals surface area contributed by atoms with Crippen LogP contribution in [0.1, 0.15) is 12.0 Å². The van der Waals surface area contributed by atoms with Crippen molar-refractivity contribution in [3.8, 4) is 0 Å². The smallest absolute Gasteiger partial charge is 0.0629 e. The molecule has 2 nitrogen and oxygen atoms in total. The van der Waals surface area contributed by atoms with Crippen LogP contribution in [0.3, 0.4) is 0 Å². The molecule has 0 spiro atoms. The SMILES string of the molecule is NCCCSCc1ccncc1Cl. The lowest BCUT2D eigenvalue weighted by molar-refractivity contribution is 0.943. The Labute approximate surface area is 87.9 Å². The molecule has 4 heteroatoms. The molecule has 2 N–H and O–H groups in total. The molecule has 1 aromatic rings. The lowest BCUT2D eigenvalue weighted by Crippen LogP contribution is -1.99. The molecule has 1 aromatic heterocycles. The Bertz CT molecular complexity index is 255. The van der Waals surface area contributed by atoms with Crippen molar-refractivity contribution in [3.63, 3.8) is 0 Å². The van der Waals surface area contributed by atoms with E-state index < -0.39 is 0 Å². The van der Waals surface area contributed by atoms with Crippen LogP contribution in [0.2, 0.25) is 5.02 Å². The van der Waals surface area contributed by atoms with Gasteiger partial charge in [0.15, 0.2) is 0 Å². The maximum Gasteiger partial charge on any atom is 0.0629 e. The van der Waals surface area contributed by atoms with Gasteiger partial charge in [0, 0.05) is 18.1 Å². The number of aromatic nitrogens is 1. The van der Waals surface area contributed by atoms with Gasteiger partial charge in [0.25, 0.3) is 0 Å². The van der Waals surface area contributed by atoms with E-state index in [-0.39, 0.29) is 0 Å². The molecule has 0 saturated heterocycles. The summed E-state index contributed by atoms with van der Waals surface area (Å²) >= 11 is 7.79. The highest BCUT2D eigenvalue weighted by Gasteiger charge is 1.98. The molecule has 0 unspecified atom stereocenters. The standard InChI is InChI=1S/C9H13ClN2S/c10-9-6-12-4-2-8(9)7-13-5-1-3-11/h2,4,6H,1,3,5,7,11H2. The summed E-state index contributed by atoms with van der Waals surface area (Å²) in [7, 11) is 0. The fourth-order valence-corrected chi connectivity index (χ4v) is 2.14. The molecule has 1 heterocycles. The van der Waals surface area contributed by atoms with E-state index in [0.717, 1.165) is 35.1 Å². The highest BCUT2D eigenvalue weighted by atomic mass is 35.5. The summed E-state index contributed by atoms with van der Waals surface area (Å²) in [6, 6.07) is 1.96. The molecule has 72 valence electrons. The molecule has 0 atom stereocenters. The second-order valence-corrected chi connectivity index (χ2v) is 4.17. The van der Waals surface area contributed by atoms with Gasteiger partial charge >= 0.3 is 0 Å². The first-order valence-electron chi connectivity index (χ1n) is 4.21. The van der Waals surface area contributed by atoms with Crippen LogP contribution in [0.5, 0.6) is 0 Å². The summed E-state index contributed by atoms with van der Waals surface area (Å²) < 4.78 is 0. The van der Waals surface area contributed by atoms with Crippen molar-refractivity contribution >= 4 is 23.4 Å². The zero-order chi connectivity index (χ0) is 9.52. The highest BCUT2D eigenvalue weighted by molar-refractivity contribution is 7.98. The van der Waals surface area contributed by atoms with Crippen molar-refractivity contribution in [2.45, 2.75) is 12.2 Å². The largest absolute Gasteiger partial charge is 0.330 e. The third-order valence-electron chi connectivity index (χ3n) is 1.61. The Hall–Kier alpha value is -0.250. The van der Waals surface area contributed by atoms with Crippen LogP contribution < -0.4 is 5.73 Å². The second kappa shape index (κ2) is 6.24. The molecule has 0 radical (unpaired) electrons. The van der Waals surface area contributed by atoms with Crippen LogP contribution in [-0.2, 0) is 5.75 Å². The summed E-state index contributed by atoms with van der Waals surface area (Å²) in [6.45, 7) is 0.761. The molecule has 0 aromatic carbocycles. The van der Waals surface area contributed by atoms with Crippen LogP contribution >= 0.6 is 23.4 Å². The Morgan fingerprint density at radius 3 is 3.08 bits per heavy atom. The van der Waals surface area contributed by atoms with Gasteiger partial charge in [-0.1, -0.05) is 11.6 Å². The van der Waals surface area contributed by atoms with Crippen molar-refractivity contribution in [3.05, 3.63) is 29.0 Å². The number of thioether (sulfide) groups is 1. The van der Waals surface area contributed by atoms with E-state index in [4.69, 9.17) is 17.3 Å². The second-order valence-electron chi connectivity index (χ2n) is 2.66. The van der Waals surface area contributed by atoms with E-state index in [1.54, 1.807) is 12.4 Å². The lowest BCUT2D eigenvalue weighted by atomic mass is 10.3. The minimum atomic E-state index is 0.753. The molecule has 13 heavy (non-hydrogen) atoms. The van der Waals surface area contributed by atoms with E-state index in [1.165, 1.54) is 0 Å². The number of pyridine rings is 1. The van der Waals surface area contributed by atoms with Gasteiger partial charge in [-0.05, 0) is 30.3 Å². The predicted octanol–water partition coefficient (Wildman–Crippen LogP) is 2.32. The van der Waals surface area contributed by atoms with Crippen LogP contribution in [0.4, 0.5) is 0 Å². The Kier molecular flexibility index (Phi) is 5.20. The van der Waals surface area contributed by atoms with Gasteiger partial charge in [-0.3, -0.25) is 4.98 Å². The number of nitrogens with two attached hydrogens (primary N) is 1. The summed E-state index contributed by atoms with van der Waals surface area (Å²) in [4.78, 5) is 3.93. The minimum Gasteiger partial charge on any atom is -0.330 e. The summed E-state index contributed by atoms with van der Waals surface area (Å²) in [6.07, 6.45) is 4.51. The number of hydrogen-bond donors (Lipinski definition) is 1. The fraction of sp³-hybridized carbons (Fsp3) is 0.444. The number of hydrogen-bond acceptors (Lipinski definition) is 3. The van der Waals surface area contributed by atoms with E-state index >= 15 is 0 Å². The predicted molar refractivity (Wildman–Crippen MR) is 59.1 cm³/mol. The Morgan fingerprint density at radius 2 is 2.38 bits per heavy atom. The Morgan fingerprint density at radius 1 is 1.54 bits per heavy atom. The van der Waals surface area contributed by atoms with Gasteiger partial charge in [-0.2, -0.15) is 11.8 Å². The van der Waals surface area contributed by atoms with E-state index in [1.807, 2.05) is 17.8 Å². The zero-order valence-corrected chi connectivity index (χ0v) is 8.94. The average Bonchev–Trinajstić information content (AvgIpc) is 2.15. The number of nitrogens with zero attached hydrogens (tertiary/aromatic N) is 1. The molecule has 0 amide bonds. The first-order chi connectivity index (χ1) is 6.34. The lowest BCUT2D eigenvalue weighted by Gasteiger charge is -2.02. The van der Waals surface area contributed by atoms with Crippen LogP contribution in [0.15, 0.2) is 18.5 Å². The molecule has 0 fully saturated rings. The number of rotatable bonds is 5. The molecule has 0 saturated carbocycles. The van der Waals surface area contributed by atoms with Crippen LogP contribution in [-0.4, -0.2) is 17.3 Å². The van der Waals surface area contributed by atoms with Crippen molar-refractivity contribution in [1.29, 1.82) is 0 Å². The van der Waals surface area contributed by atoms with Crippen molar-refractivity contribution in [2.75, 3.05) is 12.3 Å². The fourth-order valence-electron chi connectivity index (χ4n) is 0.889. The van der Waals surface area contributed by atoms with Crippen molar-refractivity contribution in [1.82, 2.24) is 4.98 Å². The van der Waals surface area contributed by atoms with Gasteiger partial charge < -0.3 is 5.73 Å². The van der Waals surface area contributed by atoms with Gasteiger partial charge in [0.1, 0.15) is 0 Å². The minimum absolute atomic E-state index is 0.753. The molecular formula is C9H13ClN2S. The maximum absolute atomic E-state index is 5.94. The summed E-state index contributed by atoms with van der Waals surface area (Å²) in [5.41, 5.74) is 6.54. The Balaban J connectivity index is 2.32.